The van der Waals surface area contributed by atoms with Crippen molar-refractivity contribution >= 4 is 15.8 Å². The molecule has 1 aliphatic rings. The third-order valence-electron chi connectivity index (χ3n) is 6.45. The first-order valence-electron chi connectivity index (χ1n) is 12.0. The van der Waals surface area contributed by atoms with Crippen LogP contribution in [0.25, 0.3) is 0 Å². The fraction of sp³-hybridized carbons (Fsp3) is 0.440. The second-order valence-electron chi connectivity index (χ2n) is 9.01. The van der Waals surface area contributed by atoms with Gasteiger partial charge in [0.2, 0.25) is 0 Å². The maximum atomic E-state index is 12.9. The van der Waals surface area contributed by atoms with E-state index < -0.39 is 10.0 Å². The zero-order valence-corrected chi connectivity index (χ0v) is 20.8. The van der Waals surface area contributed by atoms with E-state index in [-0.39, 0.29) is 5.03 Å². The Morgan fingerprint density at radius 2 is 2.00 bits per heavy atom. The van der Waals surface area contributed by atoms with Gasteiger partial charge in [0.15, 0.2) is 5.03 Å². The number of hydrogen-bond acceptors (Lipinski definition) is 7. The van der Waals surface area contributed by atoms with E-state index in [1.807, 2.05) is 23.7 Å². The monoisotopic (exact) mass is 493 g/mol. The predicted molar refractivity (Wildman–Crippen MR) is 133 cm³/mol. The van der Waals surface area contributed by atoms with Gasteiger partial charge in [-0.3, -0.25) is 0 Å². The lowest BCUT2D eigenvalue weighted by atomic mass is 9.90. The van der Waals surface area contributed by atoms with Crippen LogP contribution < -0.4 is 9.62 Å². The second kappa shape index (κ2) is 11.4. The first kappa shape index (κ1) is 24.8. The topological polar surface area (TPSA) is 117 Å². The van der Waals surface area contributed by atoms with Gasteiger partial charge in [-0.1, -0.05) is 25.3 Å². The van der Waals surface area contributed by atoms with Gasteiger partial charge < -0.3 is 9.47 Å². The number of sulfonamides is 1. The van der Waals surface area contributed by atoms with Crippen molar-refractivity contribution in [1.82, 2.24) is 24.2 Å². The minimum absolute atomic E-state index is 0.0560. The Morgan fingerprint density at radius 3 is 2.69 bits per heavy atom. The average molecular weight is 494 g/mol. The highest BCUT2D eigenvalue weighted by atomic mass is 32.2. The van der Waals surface area contributed by atoms with Gasteiger partial charge in [0, 0.05) is 44.6 Å². The molecule has 0 atom stereocenters. The van der Waals surface area contributed by atoms with E-state index in [4.69, 9.17) is 5.26 Å². The molecule has 3 aromatic heterocycles. The van der Waals surface area contributed by atoms with Crippen molar-refractivity contribution in [2.24, 2.45) is 13.0 Å². The minimum Gasteiger partial charge on any atom is -0.350 e. The third kappa shape index (κ3) is 6.65. The Kier molecular flexibility index (Phi) is 8.10. The van der Waals surface area contributed by atoms with E-state index >= 15 is 0 Å². The van der Waals surface area contributed by atoms with Crippen molar-refractivity contribution in [3.05, 3.63) is 66.0 Å². The summed E-state index contributed by atoms with van der Waals surface area (Å²) in [5.74, 6) is 1.13. The summed E-state index contributed by atoms with van der Waals surface area (Å²) in [5, 5.41) is 9.15. The zero-order chi connectivity index (χ0) is 24.7. The molecule has 0 radical (unpaired) electrons. The highest BCUT2D eigenvalue weighted by Crippen LogP contribution is 2.23. The third-order valence-corrected chi connectivity index (χ3v) is 7.78. The highest BCUT2D eigenvalue weighted by Gasteiger charge is 2.20. The first-order chi connectivity index (χ1) is 16.9. The molecule has 35 heavy (non-hydrogen) atoms. The molecule has 0 bridgehead atoms. The van der Waals surface area contributed by atoms with Crippen LogP contribution in [-0.4, -0.2) is 41.0 Å². The number of imidazole rings is 1. The lowest BCUT2D eigenvalue weighted by molar-refractivity contribution is 0.357. The highest BCUT2D eigenvalue weighted by molar-refractivity contribution is 7.89. The summed E-state index contributed by atoms with van der Waals surface area (Å²) in [7, 11) is -1.72. The molecule has 0 unspecified atom stereocenters. The zero-order valence-electron chi connectivity index (χ0n) is 20.0. The molecule has 4 rings (SSSR count). The van der Waals surface area contributed by atoms with Crippen LogP contribution in [-0.2, 0) is 30.0 Å². The number of pyridine rings is 2. The minimum atomic E-state index is -3.66. The van der Waals surface area contributed by atoms with E-state index in [0.29, 0.717) is 43.2 Å². The Labute approximate surface area is 206 Å². The molecule has 3 aromatic rings. The van der Waals surface area contributed by atoms with Crippen LogP contribution in [0, 0.1) is 17.2 Å². The van der Waals surface area contributed by atoms with Gasteiger partial charge in [-0.05, 0) is 43.0 Å². The van der Waals surface area contributed by atoms with Gasteiger partial charge in [0.1, 0.15) is 11.9 Å². The van der Waals surface area contributed by atoms with Gasteiger partial charge in [0.25, 0.3) is 10.0 Å². The summed E-state index contributed by atoms with van der Waals surface area (Å²) in [4.78, 5) is 15.2. The van der Waals surface area contributed by atoms with Crippen molar-refractivity contribution in [1.29, 1.82) is 5.26 Å². The Bertz CT molecular complexity index is 1260. The van der Waals surface area contributed by atoms with Crippen molar-refractivity contribution in [2.75, 3.05) is 18.0 Å². The molecule has 1 fully saturated rings. The molecule has 3 heterocycles. The molecule has 0 saturated heterocycles. The van der Waals surface area contributed by atoms with E-state index in [2.05, 4.69) is 30.6 Å². The Hall–Kier alpha value is -3.29. The number of anilines is 1. The van der Waals surface area contributed by atoms with Gasteiger partial charge in [-0.25, -0.2) is 28.1 Å². The SMILES string of the molecule is Cn1cncc1CN(CCc1cccc(S(=O)(=O)NCC2CCCCC2)n1)c1ccc(C#N)cn1. The number of hydrogen-bond donors (Lipinski definition) is 1. The van der Waals surface area contributed by atoms with E-state index in [1.165, 1.54) is 19.3 Å². The standard InChI is InChI=1S/C25H31N7O2S/c1-31-19-27-17-23(31)18-32(24-11-10-21(14-26)15-28-24)13-12-22-8-5-9-25(30-22)35(33,34)29-16-20-6-3-2-4-7-20/h5,8-11,15,17,19-20,29H,2-4,6-7,12-13,16,18H2,1H3. The molecule has 9 nitrogen and oxygen atoms in total. The van der Waals surface area contributed by atoms with Crippen molar-refractivity contribution in [2.45, 2.75) is 50.1 Å². The normalized spacial score (nSPS) is 14.5. The fourth-order valence-electron chi connectivity index (χ4n) is 4.34. The number of nitrogens with zero attached hydrogens (tertiary/aromatic N) is 6. The Morgan fingerprint density at radius 1 is 1.17 bits per heavy atom. The number of aromatic nitrogens is 4. The molecule has 184 valence electrons. The van der Waals surface area contributed by atoms with Crippen LogP contribution in [0.3, 0.4) is 0 Å². The van der Waals surface area contributed by atoms with Crippen LogP contribution >= 0.6 is 0 Å². The molecule has 1 N–H and O–H groups in total. The molecule has 0 aromatic carbocycles. The molecule has 1 aliphatic carbocycles. The van der Waals surface area contributed by atoms with Crippen LogP contribution in [0.1, 0.15) is 49.1 Å². The predicted octanol–water partition coefficient (Wildman–Crippen LogP) is 3.19. The van der Waals surface area contributed by atoms with Gasteiger partial charge in [-0.15, -0.1) is 0 Å². The van der Waals surface area contributed by atoms with Crippen molar-refractivity contribution in [3.63, 3.8) is 0 Å². The van der Waals surface area contributed by atoms with Gasteiger partial charge >= 0.3 is 0 Å². The van der Waals surface area contributed by atoms with Gasteiger partial charge in [0.05, 0.1) is 24.1 Å². The fourth-order valence-corrected chi connectivity index (χ4v) is 5.43. The van der Waals surface area contributed by atoms with Gasteiger partial charge in [-0.2, -0.15) is 5.26 Å². The lowest BCUT2D eigenvalue weighted by Gasteiger charge is -2.24. The molecule has 0 spiro atoms. The summed E-state index contributed by atoms with van der Waals surface area (Å²) in [6.07, 6.45) is 11.4. The van der Waals surface area contributed by atoms with Crippen molar-refractivity contribution < 1.29 is 8.42 Å². The number of rotatable bonds is 10. The summed E-state index contributed by atoms with van der Waals surface area (Å²) >= 11 is 0. The number of aryl methyl sites for hydroxylation is 1. The van der Waals surface area contributed by atoms with Crippen LogP contribution in [0.2, 0.25) is 0 Å². The second-order valence-corrected chi connectivity index (χ2v) is 10.7. The van der Waals surface area contributed by atoms with Crippen LogP contribution in [0.4, 0.5) is 5.82 Å². The average Bonchev–Trinajstić information content (AvgIpc) is 3.30. The maximum Gasteiger partial charge on any atom is 0.258 e. The quantitative estimate of drug-likeness (QED) is 0.461. The smallest absolute Gasteiger partial charge is 0.258 e. The van der Waals surface area contributed by atoms with E-state index in [1.54, 1.807) is 36.9 Å². The lowest BCUT2D eigenvalue weighted by Crippen LogP contribution is -2.31. The number of nitrogens with one attached hydrogen (secondary N) is 1. The summed E-state index contributed by atoms with van der Waals surface area (Å²) in [5.41, 5.74) is 2.19. The largest absolute Gasteiger partial charge is 0.350 e. The van der Waals surface area contributed by atoms with Crippen LogP contribution in [0.5, 0.6) is 0 Å². The molecular weight excluding hydrogens is 462 g/mol. The summed E-state index contributed by atoms with van der Waals surface area (Å²) < 4.78 is 30.4. The molecular formula is C25H31N7O2S. The molecule has 0 aliphatic heterocycles. The molecule has 0 amide bonds. The molecule has 10 heteroatoms. The van der Waals surface area contributed by atoms with Crippen LogP contribution in [0.15, 0.2) is 54.1 Å². The summed E-state index contributed by atoms with van der Waals surface area (Å²) in [6, 6.07) is 10.8. The van der Waals surface area contributed by atoms with Crippen molar-refractivity contribution in [3.8, 4) is 6.07 Å². The van der Waals surface area contributed by atoms with E-state index in [0.717, 1.165) is 24.4 Å². The molecule has 1 saturated carbocycles. The first-order valence-corrected chi connectivity index (χ1v) is 13.4. The van der Waals surface area contributed by atoms with E-state index in [9.17, 15) is 8.42 Å². The maximum absolute atomic E-state index is 12.9. The summed E-state index contributed by atoms with van der Waals surface area (Å²) in [6.45, 7) is 1.60. The Balaban J connectivity index is 1.45. The number of nitriles is 1.